The van der Waals surface area contributed by atoms with Crippen LogP contribution in [0.25, 0.3) is 0 Å². The fraction of sp³-hybridized carbons (Fsp3) is 0.125. The van der Waals surface area contributed by atoms with Gasteiger partial charge >= 0.3 is 13.8 Å². The third-order valence-corrected chi connectivity index (χ3v) is 1.85. The molecule has 0 aliphatic carbocycles. The van der Waals surface area contributed by atoms with Crippen LogP contribution in [0.4, 0.5) is 0 Å². The maximum atomic E-state index is 10.9. The Kier molecular flexibility index (Phi) is 3.41. The van der Waals surface area contributed by atoms with E-state index >= 15 is 0 Å². The predicted octanol–water partition coefficient (Wildman–Crippen LogP) is 0.865. The molecule has 76 valence electrons. The zero-order valence-corrected chi connectivity index (χ0v) is 8.05. The van der Waals surface area contributed by atoms with Gasteiger partial charge in [-0.05, 0) is 5.56 Å². The van der Waals surface area contributed by atoms with Crippen LogP contribution in [-0.4, -0.2) is 15.8 Å². The summed E-state index contributed by atoms with van der Waals surface area (Å²) >= 11 is 0. The minimum absolute atomic E-state index is 0.147. The van der Waals surface area contributed by atoms with E-state index in [1.165, 1.54) is 0 Å². The molecule has 0 fully saturated rings. The lowest BCUT2D eigenvalue weighted by molar-refractivity contribution is -0.134. The standard InChI is InChI=1S/C8H9O5P/c9-8(13-14(10,11)12)6-7-4-2-1-3-5-7/h1-5H,6H2,(H2,10,11,12). The lowest BCUT2D eigenvalue weighted by Gasteiger charge is -2.04. The second-order valence-electron chi connectivity index (χ2n) is 2.62. The summed E-state index contributed by atoms with van der Waals surface area (Å²) in [5, 5.41) is 0. The Labute approximate surface area is 80.6 Å². The Bertz CT molecular complexity index is 355. The summed E-state index contributed by atoms with van der Waals surface area (Å²) in [5.74, 6) is -0.940. The summed E-state index contributed by atoms with van der Waals surface area (Å²) in [7, 11) is -4.71. The average molecular weight is 216 g/mol. The van der Waals surface area contributed by atoms with Crippen LogP contribution in [0.3, 0.4) is 0 Å². The van der Waals surface area contributed by atoms with Gasteiger partial charge in [0.05, 0.1) is 6.42 Å². The van der Waals surface area contributed by atoms with Crippen LogP contribution in [0, 0.1) is 0 Å². The molecule has 5 nitrogen and oxygen atoms in total. The number of benzene rings is 1. The molecular weight excluding hydrogens is 207 g/mol. The highest BCUT2D eigenvalue weighted by molar-refractivity contribution is 7.46. The Balaban J connectivity index is 2.55. The molecule has 1 aromatic carbocycles. The van der Waals surface area contributed by atoms with Crippen LogP contribution in [0.1, 0.15) is 5.56 Å². The number of phosphoric acid groups is 1. The van der Waals surface area contributed by atoms with Gasteiger partial charge in [-0.15, -0.1) is 0 Å². The van der Waals surface area contributed by atoms with Gasteiger partial charge in [-0.3, -0.25) is 14.6 Å². The normalized spacial score (nSPS) is 11.0. The molecular formula is C8H9O5P. The first-order chi connectivity index (χ1) is 6.47. The molecule has 0 aromatic heterocycles. The lowest BCUT2D eigenvalue weighted by Crippen LogP contribution is -2.05. The topological polar surface area (TPSA) is 83.8 Å². The van der Waals surface area contributed by atoms with Gasteiger partial charge in [0.1, 0.15) is 0 Å². The predicted molar refractivity (Wildman–Crippen MR) is 48.3 cm³/mol. The molecule has 2 N–H and O–H groups in total. The first-order valence-electron chi connectivity index (χ1n) is 3.79. The molecule has 6 heteroatoms. The molecule has 0 bridgehead atoms. The van der Waals surface area contributed by atoms with Crippen LogP contribution in [-0.2, 0) is 20.3 Å². The number of rotatable bonds is 3. The molecule has 1 aromatic rings. The number of hydrogen-bond donors (Lipinski definition) is 2. The van der Waals surface area contributed by atoms with E-state index in [1.807, 2.05) is 0 Å². The number of carbonyl (C=O) groups excluding carboxylic acids is 1. The van der Waals surface area contributed by atoms with Crippen molar-refractivity contribution in [2.24, 2.45) is 0 Å². The third kappa shape index (κ3) is 4.18. The van der Waals surface area contributed by atoms with Crippen molar-refractivity contribution < 1.29 is 23.7 Å². The van der Waals surface area contributed by atoms with Crippen LogP contribution in [0.15, 0.2) is 30.3 Å². The van der Waals surface area contributed by atoms with Crippen molar-refractivity contribution in [2.45, 2.75) is 6.42 Å². The van der Waals surface area contributed by atoms with Crippen molar-refractivity contribution in [3.8, 4) is 0 Å². The van der Waals surface area contributed by atoms with Crippen molar-refractivity contribution in [1.82, 2.24) is 0 Å². The second-order valence-corrected chi connectivity index (χ2v) is 3.78. The van der Waals surface area contributed by atoms with Gasteiger partial charge in [0.15, 0.2) is 0 Å². The van der Waals surface area contributed by atoms with E-state index in [9.17, 15) is 9.36 Å². The zero-order valence-electron chi connectivity index (χ0n) is 7.16. The van der Waals surface area contributed by atoms with E-state index in [2.05, 4.69) is 4.52 Å². The first-order valence-corrected chi connectivity index (χ1v) is 5.32. The number of hydrogen-bond acceptors (Lipinski definition) is 3. The molecule has 0 radical (unpaired) electrons. The number of carbonyl (C=O) groups is 1. The quantitative estimate of drug-likeness (QED) is 0.732. The monoisotopic (exact) mass is 216 g/mol. The van der Waals surface area contributed by atoms with E-state index in [0.717, 1.165) is 0 Å². The van der Waals surface area contributed by atoms with E-state index in [1.54, 1.807) is 30.3 Å². The van der Waals surface area contributed by atoms with E-state index in [-0.39, 0.29) is 6.42 Å². The van der Waals surface area contributed by atoms with E-state index in [4.69, 9.17) is 9.79 Å². The third-order valence-electron chi connectivity index (χ3n) is 1.41. The summed E-state index contributed by atoms with van der Waals surface area (Å²) in [6.45, 7) is 0. The fourth-order valence-corrected chi connectivity index (χ4v) is 1.26. The van der Waals surface area contributed by atoms with Crippen LogP contribution in [0.2, 0.25) is 0 Å². The van der Waals surface area contributed by atoms with Gasteiger partial charge in [0, 0.05) is 0 Å². The van der Waals surface area contributed by atoms with Crippen molar-refractivity contribution in [2.75, 3.05) is 0 Å². The van der Waals surface area contributed by atoms with Gasteiger partial charge in [-0.25, -0.2) is 4.57 Å². The zero-order chi connectivity index (χ0) is 10.6. The van der Waals surface area contributed by atoms with Gasteiger partial charge in [-0.2, -0.15) is 0 Å². The summed E-state index contributed by atoms with van der Waals surface area (Å²) in [4.78, 5) is 27.6. The highest BCUT2D eigenvalue weighted by Crippen LogP contribution is 2.36. The lowest BCUT2D eigenvalue weighted by atomic mass is 10.2. The molecule has 0 aliphatic rings. The molecule has 14 heavy (non-hydrogen) atoms. The Morgan fingerprint density at radius 2 is 1.86 bits per heavy atom. The second kappa shape index (κ2) is 4.37. The molecule has 0 saturated heterocycles. The molecule has 0 atom stereocenters. The molecule has 0 aliphatic heterocycles. The molecule has 0 spiro atoms. The number of phosphoric ester groups is 1. The van der Waals surface area contributed by atoms with Gasteiger partial charge in [-0.1, -0.05) is 30.3 Å². The highest BCUT2D eigenvalue weighted by atomic mass is 31.2. The smallest absolute Gasteiger partial charge is 0.370 e. The molecule has 1 rings (SSSR count). The first kappa shape index (κ1) is 10.9. The molecule has 0 amide bonds. The van der Waals surface area contributed by atoms with E-state index in [0.29, 0.717) is 5.56 Å². The fourth-order valence-electron chi connectivity index (χ4n) is 0.927. The molecule has 0 unspecified atom stereocenters. The van der Waals surface area contributed by atoms with Crippen molar-refractivity contribution in [3.05, 3.63) is 35.9 Å². The van der Waals surface area contributed by atoms with E-state index < -0.39 is 13.8 Å². The minimum atomic E-state index is -4.71. The Hall–Kier alpha value is -1.16. The van der Waals surface area contributed by atoms with Crippen molar-refractivity contribution >= 4 is 13.8 Å². The summed E-state index contributed by atoms with van der Waals surface area (Å²) in [6, 6.07) is 8.56. The summed E-state index contributed by atoms with van der Waals surface area (Å²) in [6.07, 6.45) is -0.147. The van der Waals surface area contributed by atoms with Gasteiger partial charge in [0.25, 0.3) is 0 Å². The van der Waals surface area contributed by atoms with Gasteiger partial charge in [0.2, 0.25) is 0 Å². The van der Waals surface area contributed by atoms with Crippen molar-refractivity contribution in [1.29, 1.82) is 0 Å². The molecule has 0 saturated carbocycles. The summed E-state index contributed by atoms with van der Waals surface area (Å²) in [5.41, 5.74) is 0.644. The highest BCUT2D eigenvalue weighted by Gasteiger charge is 2.20. The average Bonchev–Trinajstić information content (AvgIpc) is 2.02. The molecule has 0 heterocycles. The SMILES string of the molecule is O=C(Cc1ccccc1)OP(=O)(O)O. The Morgan fingerprint density at radius 3 is 2.36 bits per heavy atom. The Morgan fingerprint density at radius 1 is 1.29 bits per heavy atom. The maximum Gasteiger partial charge on any atom is 0.526 e. The van der Waals surface area contributed by atoms with Crippen LogP contribution in [0.5, 0.6) is 0 Å². The largest absolute Gasteiger partial charge is 0.526 e. The summed E-state index contributed by atoms with van der Waals surface area (Å²) < 4.78 is 14.2. The minimum Gasteiger partial charge on any atom is -0.370 e. The van der Waals surface area contributed by atoms with Crippen molar-refractivity contribution in [3.63, 3.8) is 0 Å². The maximum absolute atomic E-state index is 10.9. The van der Waals surface area contributed by atoms with Gasteiger partial charge < -0.3 is 4.52 Å². The van der Waals surface area contributed by atoms with Crippen LogP contribution < -0.4 is 0 Å². The van der Waals surface area contributed by atoms with Crippen LogP contribution >= 0.6 is 7.82 Å².